The predicted molar refractivity (Wildman–Crippen MR) is 137 cm³/mol. The van der Waals surface area contributed by atoms with Gasteiger partial charge in [-0.3, -0.25) is 14.8 Å². The summed E-state index contributed by atoms with van der Waals surface area (Å²) in [5, 5.41) is 6.79. The second-order valence-corrected chi connectivity index (χ2v) is 8.37. The Balaban J connectivity index is 1.27. The SMILES string of the molecule is O=C(Nc1ccc(-n2nc(-c3cccnc3)cc2C(F)(F)F)nc1)c1cccc(OCCc2ccccn2)c1. The van der Waals surface area contributed by atoms with Crippen LogP contribution in [0.1, 0.15) is 21.7 Å². The molecular formula is C28H21F3N6O2. The number of ether oxygens (including phenoxy) is 1. The van der Waals surface area contributed by atoms with E-state index in [4.69, 9.17) is 4.74 Å². The lowest BCUT2D eigenvalue weighted by atomic mass is 10.2. The number of benzene rings is 1. The van der Waals surface area contributed by atoms with E-state index in [0.717, 1.165) is 16.4 Å². The summed E-state index contributed by atoms with van der Waals surface area (Å²) in [7, 11) is 0. The second-order valence-electron chi connectivity index (χ2n) is 8.37. The standard InChI is InChI=1S/C28H21F3N6O2/c29-28(30,31)25-16-24(20-6-4-12-32-17-20)36-37(25)26-10-9-22(18-34-26)35-27(38)19-5-3-8-23(15-19)39-14-11-21-7-1-2-13-33-21/h1-10,12-13,15-18H,11,14H2,(H,35,38). The van der Waals surface area contributed by atoms with Gasteiger partial charge in [-0.1, -0.05) is 12.1 Å². The largest absolute Gasteiger partial charge is 0.493 e. The van der Waals surface area contributed by atoms with E-state index in [1.54, 1.807) is 42.6 Å². The van der Waals surface area contributed by atoms with Crippen LogP contribution in [-0.4, -0.2) is 37.2 Å². The highest BCUT2D eigenvalue weighted by atomic mass is 19.4. The molecule has 0 unspecified atom stereocenters. The average molecular weight is 531 g/mol. The smallest absolute Gasteiger partial charge is 0.433 e. The summed E-state index contributed by atoms with van der Waals surface area (Å²) >= 11 is 0. The molecule has 4 heterocycles. The van der Waals surface area contributed by atoms with Gasteiger partial charge in [-0.15, -0.1) is 0 Å². The van der Waals surface area contributed by atoms with Crippen molar-refractivity contribution in [3.05, 3.63) is 115 Å². The molecule has 5 aromatic rings. The molecule has 4 aromatic heterocycles. The van der Waals surface area contributed by atoms with E-state index < -0.39 is 17.8 Å². The predicted octanol–water partition coefficient (Wildman–Crippen LogP) is 5.62. The molecule has 0 saturated heterocycles. The second kappa shape index (κ2) is 11.1. The van der Waals surface area contributed by atoms with Crippen molar-refractivity contribution in [3.63, 3.8) is 0 Å². The zero-order valence-corrected chi connectivity index (χ0v) is 20.3. The van der Waals surface area contributed by atoms with Crippen molar-refractivity contribution in [2.45, 2.75) is 12.6 Å². The summed E-state index contributed by atoms with van der Waals surface area (Å²) in [6.45, 7) is 0.392. The molecule has 196 valence electrons. The summed E-state index contributed by atoms with van der Waals surface area (Å²) in [5.74, 6) is 0.0438. The highest BCUT2D eigenvalue weighted by molar-refractivity contribution is 6.04. The molecule has 0 atom stereocenters. The number of anilines is 1. The molecule has 0 aliphatic rings. The minimum atomic E-state index is -4.66. The molecule has 0 fully saturated rings. The van der Waals surface area contributed by atoms with Crippen LogP contribution in [-0.2, 0) is 12.6 Å². The maximum Gasteiger partial charge on any atom is 0.433 e. The fourth-order valence-corrected chi connectivity index (χ4v) is 3.75. The van der Waals surface area contributed by atoms with Crippen molar-refractivity contribution in [3.8, 4) is 22.8 Å². The first-order valence-electron chi connectivity index (χ1n) is 11.8. The molecule has 8 nitrogen and oxygen atoms in total. The molecule has 0 bridgehead atoms. The number of amides is 1. The van der Waals surface area contributed by atoms with Crippen LogP contribution in [0, 0.1) is 0 Å². The van der Waals surface area contributed by atoms with Gasteiger partial charge in [0.05, 0.1) is 24.2 Å². The summed E-state index contributed by atoms with van der Waals surface area (Å²) in [6.07, 6.45) is 1.89. The van der Waals surface area contributed by atoms with Crippen molar-refractivity contribution in [1.82, 2.24) is 24.7 Å². The molecule has 0 aliphatic carbocycles. The van der Waals surface area contributed by atoms with Crippen LogP contribution >= 0.6 is 0 Å². The van der Waals surface area contributed by atoms with E-state index in [1.807, 2.05) is 18.2 Å². The Kier molecular flexibility index (Phi) is 7.30. The third kappa shape index (κ3) is 6.27. The van der Waals surface area contributed by atoms with Crippen LogP contribution in [0.2, 0.25) is 0 Å². The van der Waals surface area contributed by atoms with Crippen LogP contribution in [0.15, 0.2) is 97.6 Å². The molecule has 1 aromatic carbocycles. The van der Waals surface area contributed by atoms with Crippen molar-refractivity contribution in [1.29, 1.82) is 0 Å². The molecule has 0 spiro atoms. The molecule has 0 radical (unpaired) electrons. The van der Waals surface area contributed by atoms with E-state index in [2.05, 4.69) is 25.4 Å². The van der Waals surface area contributed by atoms with Gasteiger partial charge in [0.1, 0.15) is 5.75 Å². The molecule has 0 saturated carbocycles. The van der Waals surface area contributed by atoms with Gasteiger partial charge >= 0.3 is 6.18 Å². The molecule has 1 N–H and O–H groups in total. The van der Waals surface area contributed by atoms with E-state index >= 15 is 0 Å². The van der Waals surface area contributed by atoms with Gasteiger partial charge in [-0.25, -0.2) is 9.67 Å². The van der Waals surface area contributed by atoms with E-state index in [0.29, 0.717) is 35.6 Å². The van der Waals surface area contributed by atoms with Crippen molar-refractivity contribution < 1.29 is 22.7 Å². The van der Waals surface area contributed by atoms with Crippen LogP contribution in [0.25, 0.3) is 17.1 Å². The van der Waals surface area contributed by atoms with Crippen molar-refractivity contribution in [2.24, 2.45) is 0 Å². The number of halogens is 3. The monoisotopic (exact) mass is 530 g/mol. The van der Waals surface area contributed by atoms with E-state index in [-0.39, 0.29) is 11.5 Å². The number of hydrogen-bond donors (Lipinski definition) is 1. The number of carbonyl (C=O) groups is 1. The third-order valence-corrected chi connectivity index (χ3v) is 5.63. The quantitative estimate of drug-likeness (QED) is 0.280. The molecule has 0 aliphatic heterocycles. The number of aromatic nitrogens is 5. The van der Waals surface area contributed by atoms with E-state index in [9.17, 15) is 18.0 Å². The van der Waals surface area contributed by atoms with Gasteiger partial charge in [0, 0.05) is 41.8 Å². The lowest BCUT2D eigenvalue weighted by Gasteiger charge is -2.11. The maximum absolute atomic E-state index is 13.7. The number of hydrogen-bond acceptors (Lipinski definition) is 6. The van der Waals surface area contributed by atoms with Gasteiger partial charge in [0.15, 0.2) is 11.5 Å². The highest BCUT2D eigenvalue weighted by Crippen LogP contribution is 2.33. The minimum absolute atomic E-state index is 0.0567. The van der Waals surface area contributed by atoms with Gasteiger partial charge in [-0.2, -0.15) is 18.3 Å². The Morgan fingerprint density at radius 3 is 2.54 bits per heavy atom. The number of rotatable bonds is 8. The maximum atomic E-state index is 13.7. The fourth-order valence-electron chi connectivity index (χ4n) is 3.75. The summed E-state index contributed by atoms with van der Waals surface area (Å²) in [4.78, 5) is 25.1. The number of nitrogens with one attached hydrogen (secondary N) is 1. The van der Waals surface area contributed by atoms with Crippen LogP contribution in [0.3, 0.4) is 0 Å². The zero-order chi connectivity index (χ0) is 27.2. The first-order valence-corrected chi connectivity index (χ1v) is 11.8. The molecule has 1 amide bonds. The van der Waals surface area contributed by atoms with Gasteiger partial charge in [-0.05, 0) is 60.7 Å². The first kappa shape index (κ1) is 25.6. The van der Waals surface area contributed by atoms with Gasteiger partial charge in [0.2, 0.25) is 0 Å². The van der Waals surface area contributed by atoms with Gasteiger partial charge < -0.3 is 10.1 Å². The van der Waals surface area contributed by atoms with Crippen molar-refractivity contribution >= 4 is 11.6 Å². The number of nitrogens with zero attached hydrogens (tertiary/aromatic N) is 5. The third-order valence-electron chi connectivity index (χ3n) is 5.63. The number of alkyl halides is 3. The lowest BCUT2D eigenvalue weighted by molar-refractivity contribution is -0.142. The van der Waals surface area contributed by atoms with Crippen LogP contribution < -0.4 is 10.1 Å². The Hall–Kier alpha value is -5.06. The Morgan fingerprint density at radius 1 is 0.923 bits per heavy atom. The summed E-state index contributed by atoms with van der Waals surface area (Å²) < 4.78 is 47.6. The number of pyridine rings is 3. The summed E-state index contributed by atoms with van der Waals surface area (Å²) in [5.41, 5.74) is 1.12. The van der Waals surface area contributed by atoms with Crippen LogP contribution in [0.4, 0.5) is 18.9 Å². The van der Waals surface area contributed by atoms with Crippen LogP contribution in [0.5, 0.6) is 5.75 Å². The molecule has 5 rings (SSSR count). The zero-order valence-electron chi connectivity index (χ0n) is 20.3. The normalized spacial score (nSPS) is 11.3. The fraction of sp³-hybridized carbons (Fsp3) is 0.107. The van der Waals surface area contributed by atoms with E-state index in [1.165, 1.54) is 30.7 Å². The number of carbonyl (C=O) groups excluding carboxylic acids is 1. The van der Waals surface area contributed by atoms with Crippen molar-refractivity contribution in [2.75, 3.05) is 11.9 Å². The first-order chi connectivity index (χ1) is 18.9. The Morgan fingerprint density at radius 2 is 1.82 bits per heavy atom. The molecule has 39 heavy (non-hydrogen) atoms. The lowest BCUT2D eigenvalue weighted by Crippen LogP contribution is -2.15. The highest BCUT2D eigenvalue weighted by Gasteiger charge is 2.36. The average Bonchev–Trinajstić information content (AvgIpc) is 3.41. The Labute approximate surface area is 221 Å². The molecule has 11 heteroatoms. The topological polar surface area (TPSA) is 94.8 Å². The molecular weight excluding hydrogens is 509 g/mol. The van der Waals surface area contributed by atoms with Gasteiger partial charge in [0.25, 0.3) is 5.91 Å². The minimum Gasteiger partial charge on any atom is -0.493 e. The Bertz CT molecular complexity index is 1560. The summed E-state index contributed by atoms with van der Waals surface area (Å²) in [6, 6.07) is 19.3.